The first-order chi connectivity index (χ1) is 11.9. The number of hydrogen-bond donors (Lipinski definition) is 0. The molecule has 1 atom stereocenters. The molecule has 128 valence electrons. The van der Waals surface area contributed by atoms with Gasteiger partial charge in [-0.2, -0.15) is 13.2 Å². The molecule has 8 heteroatoms. The van der Waals surface area contributed by atoms with Gasteiger partial charge in [0.1, 0.15) is 0 Å². The second-order valence-electron chi connectivity index (χ2n) is 5.62. The summed E-state index contributed by atoms with van der Waals surface area (Å²) in [6.07, 6.45) is -7.01. The van der Waals surface area contributed by atoms with Gasteiger partial charge in [-0.1, -0.05) is 18.2 Å². The predicted molar refractivity (Wildman–Crippen MR) is 78.2 cm³/mol. The predicted octanol–water partition coefficient (Wildman–Crippen LogP) is 3.14. The SMILES string of the molecule is O=C1c2ccccc2C(=O)N1Cc1ccc2c(c1)OC(F)C(F)(F)O2. The lowest BCUT2D eigenvalue weighted by Crippen LogP contribution is -2.43. The molecule has 0 saturated carbocycles. The number of nitrogens with zero attached hydrogens (tertiary/aromatic N) is 1. The number of amides is 2. The van der Waals surface area contributed by atoms with Crippen LogP contribution in [0.25, 0.3) is 0 Å². The van der Waals surface area contributed by atoms with Gasteiger partial charge in [0.2, 0.25) is 0 Å². The van der Waals surface area contributed by atoms with Gasteiger partial charge in [0, 0.05) is 0 Å². The number of halogens is 3. The van der Waals surface area contributed by atoms with E-state index in [1.54, 1.807) is 24.3 Å². The zero-order chi connectivity index (χ0) is 17.8. The van der Waals surface area contributed by atoms with Crippen LogP contribution >= 0.6 is 0 Å². The van der Waals surface area contributed by atoms with Crippen molar-refractivity contribution in [2.75, 3.05) is 0 Å². The third-order valence-electron chi connectivity index (χ3n) is 3.97. The van der Waals surface area contributed by atoms with Crippen molar-refractivity contribution in [2.24, 2.45) is 0 Å². The van der Waals surface area contributed by atoms with Crippen LogP contribution in [0.1, 0.15) is 26.3 Å². The number of imide groups is 1. The normalized spacial score (nSPS) is 20.6. The Labute approximate surface area is 139 Å². The van der Waals surface area contributed by atoms with Crippen molar-refractivity contribution in [1.29, 1.82) is 0 Å². The third-order valence-corrected chi connectivity index (χ3v) is 3.97. The molecule has 0 N–H and O–H groups in total. The molecule has 2 amide bonds. The van der Waals surface area contributed by atoms with Gasteiger partial charge in [-0.15, -0.1) is 0 Å². The Balaban J connectivity index is 1.60. The van der Waals surface area contributed by atoms with Crippen LogP contribution in [-0.4, -0.2) is 29.2 Å². The maximum absolute atomic E-state index is 13.3. The van der Waals surface area contributed by atoms with Gasteiger partial charge < -0.3 is 9.47 Å². The van der Waals surface area contributed by atoms with E-state index in [1.165, 1.54) is 18.2 Å². The zero-order valence-corrected chi connectivity index (χ0v) is 12.5. The molecule has 2 aliphatic rings. The molecular formula is C17H10F3NO4. The van der Waals surface area contributed by atoms with E-state index in [0.29, 0.717) is 16.7 Å². The first-order valence-electron chi connectivity index (χ1n) is 7.32. The molecule has 2 heterocycles. The maximum atomic E-state index is 13.3. The highest BCUT2D eigenvalue weighted by atomic mass is 19.3. The summed E-state index contributed by atoms with van der Waals surface area (Å²) in [4.78, 5) is 25.7. The average Bonchev–Trinajstić information content (AvgIpc) is 2.81. The first kappa shape index (κ1) is 15.5. The van der Waals surface area contributed by atoms with E-state index >= 15 is 0 Å². The summed E-state index contributed by atoms with van der Waals surface area (Å²) >= 11 is 0. The van der Waals surface area contributed by atoms with Crippen LogP contribution in [0.3, 0.4) is 0 Å². The minimum atomic E-state index is -4.07. The zero-order valence-electron chi connectivity index (χ0n) is 12.5. The highest BCUT2D eigenvalue weighted by Gasteiger charge is 2.49. The molecule has 5 nitrogen and oxygen atoms in total. The fourth-order valence-electron chi connectivity index (χ4n) is 2.77. The second kappa shape index (κ2) is 5.23. The Kier molecular flexibility index (Phi) is 3.24. The summed E-state index contributed by atoms with van der Waals surface area (Å²) < 4.78 is 48.3. The fraction of sp³-hybridized carbons (Fsp3) is 0.176. The summed E-state index contributed by atoms with van der Waals surface area (Å²) in [5, 5.41) is 0. The van der Waals surface area contributed by atoms with E-state index in [-0.39, 0.29) is 18.0 Å². The molecule has 0 aliphatic carbocycles. The lowest BCUT2D eigenvalue weighted by molar-refractivity contribution is -0.281. The van der Waals surface area contributed by atoms with E-state index in [9.17, 15) is 22.8 Å². The van der Waals surface area contributed by atoms with Gasteiger partial charge in [-0.3, -0.25) is 14.5 Å². The summed E-state index contributed by atoms with van der Waals surface area (Å²) in [6.45, 7) is -0.101. The van der Waals surface area contributed by atoms with Crippen LogP contribution in [0.4, 0.5) is 13.2 Å². The number of alkyl halides is 3. The van der Waals surface area contributed by atoms with E-state index in [2.05, 4.69) is 9.47 Å². The molecule has 1 unspecified atom stereocenters. The van der Waals surface area contributed by atoms with Crippen molar-refractivity contribution in [3.8, 4) is 11.5 Å². The Bertz CT molecular complexity index is 864. The first-order valence-corrected chi connectivity index (χ1v) is 7.32. The van der Waals surface area contributed by atoms with Crippen molar-refractivity contribution in [1.82, 2.24) is 4.90 Å². The smallest absolute Gasteiger partial charge is 0.447 e. The molecule has 25 heavy (non-hydrogen) atoms. The molecular weight excluding hydrogens is 339 g/mol. The Morgan fingerprint density at radius 2 is 1.64 bits per heavy atom. The molecule has 4 rings (SSSR count). The van der Waals surface area contributed by atoms with Crippen LogP contribution in [0.15, 0.2) is 42.5 Å². The van der Waals surface area contributed by atoms with Crippen LogP contribution in [0.2, 0.25) is 0 Å². The monoisotopic (exact) mass is 349 g/mol. The van der Waals surface area contributed by atoms with Crippen molar-refractivity contribution in [3.05, 3.63) is 59.2 Å². The standard InChI is InChI=1S/C17H10F3NO4/c18-16-17(19,20)25-12-6-5-9(7-13(12)24-16)8-21-14(22)10-3-1-2-4-11(10)15(21)23/h1-7,16H,8H2. The van der Waals surface area contributed by atoms with Gasteiger partial charge in [0.25, 0.3) is 11.8 Å². The average molecular weight is 349 g/mol. The number of fused-ring (bicyclic) bond motifs is 2. The van der Waals surface area contributed by atoms with Crippen molar-refractivity contribution in [2.45, 2.75) is 19.0 Å². The van der Waals surface area contributed by atoms with Crippen LogP contribution < -0.4 is 9.47 Å². The number of rotatable bonds is 2. The number of carbonyl (C=O) groups excluding carboxylic acids is 2. The minimum Gasteiger partial charge on any atom is -0.447 e. The second-order valence-corrected chi connectivity index (χ2v) is 5.62. The molecule has 2 aliphatic heterocycles. The van der Waals surface area contributed by atoms with E-state index in [0.717, 1.165) is 4.90 Å². The summed E-state index contributed by atoms with van der Waals surface area (Å²) in [5.41, 5.74) is 1.01. The minimum absolute atomic E-state index is 0.101. The Morgan fingerprint density at radius 3 is 2.28 bits per heavy atom. The van der Waals surface area contributed by atoms with Gasteiger partial charge in [-0.05, 0) is 29.8 Å². The molecule has 2 aromatic rings. The summed E-state index contributed by atoms with van der Waals surface area (Å²) in [6, 6.07) is 10.3. The lowest BCUT2D eigenvalue weighted by Gasteiger charge is -2.28. The molecule has 0 saturated heterocycles. The van der Waals surface area contributed by atoms with E-state index < -0.39 is 24.3 Å². The van der Waals surface area contributed by atoms with Crippen molar-refractivity contribution >= 4 is 11.8 Å². The van der Waals surface area contributed by atoms with Crippen molar-refractivity contribution < 1.29 is 32.2 Å². The molecule has 0 radical (unpaired) electrons. The largest absolute Gasteiger partial charge is 0.468 e. The Morgan fingerprint density at radius 1 is 1.00 bits per heavy atom. The number of carbonyl (C=O) groups is 2. The lowest BCUT2D eigenvalue weighted by atomic mass is 10.1. The summed E-state index contributed by atoms with van der Waals surface area (Å²) in [5.74, 6) is -1.44. The van der Waals surface area contributed by atoms with Crippen LogP contribution in [0.5, 0.6) is 11.5 Å². The van der Waals surface area contributed by atoms with E-state index in [4.69, 9.17) is 0 Å². The Hall–Kier alpha value is -3.03. The van der Waals surface area contributed by atoms with E-state index in [1.807, 2.05) is 0 Å². The van der Waals surface area contributed by atoms with Gasteiger partial charge >= 0.3 is 12.5 Å². The van der Waals surface area contributed by atoms with Crippen LogP contribution in [-0.2, 0) is 6.54 Å². The molecule has 0 spiro atoms. The van der Waals surface area contributed by atoms with Crippen LogP contribution in [0, 0.1) is 0 Å². The molecule has 2 aromatic carbocycles. The fourth-order valence-corrected chi connectivity index (χ4v) is 2.77. The number of hydrogen-bond acceptors (Lipinski definition) is 4. The van der Waals surface area contributed by atoms with Gasteiger partial charge in [0.15, 0.2) is 11.5 Å². The molecule has 0 aromatic heterocycles. The summed E-state index contributed by atoms with van der Waals surface area (Å²) in [7, 11) is 0. The van der Waals surface area contributed by atoms with Gasteiger partial charge in [0.05, 0.1) is 17.7 Å². The van der Waals surface area contributed by atoms with Gasteiger partial charge in [-0.25, -0.2) is 0 Å². The number of benzene rings is 2. The number of ether oxygens (including phenoxy) is 2. The maximum Gasteiger partial charge on any atom is 0.468 e. The topological polar surface area (TPSA) is 55.8 Å². The molecule has 0 bridgehead atoms. The molecule has 0 fully saturated rings. The highest BCUT2D eigenvalue weighted by Crippen LogP contribution is 2.41. The van der Waals surface area contributed by atoms with Crippen molar-refractivity contribution in [3.63, 3.8) is 0 Å². The quantitative estimate of drug-likeness (QED) is 0.782. The third kappa shape index (κ3) is 2.41. The highest BCUT2D eigenvalue weighted by molar-refractivity contribution is 6.21.